The van der Waals surface area contributed by atoms with Crippen LogP contribution in [0.2, 0.25) is 5.02 Å². The summed E-state index contributed by atoms with van der Waals surface area (Å²) in [5.41, 5.74) is 2.11. The highest BCUT2D eigenvalue weighted by molar-refractivity contribution is 7.21. The van der Waals surface area contributed by atoms with Crippen LogP contribution in [0.1, 0.15) is 9.67 Å². The molecule has 4 heterocycles. The van der Waals surface area contributed by atoms with Gasteiger partial charge in [0.25, 0.3) is 5.91 Å². The molecule has 5 aromatic rings. The minimum Gasteiger partial charge on any atom is -0.454 e. The second-order valence-corrected chi connectivity index (χ2v) is 9.59. The van der Waals surface area contributed by atoms with Crippen LogP contribution in [-0.4, -0.2) is 21.5 Å². The number of rotatable bonds is 2. The monoisotopic (exact) mass is 471 g/mol. The Morgan fingerprint density at radius 2 is 1.97 bits per heavy atom. The minimum absolute atomic E-state index is 0.190. The molecule has 1 amide bonds. The maximum Gasteiger partial charge on any atom is 0.291 e. The van der Waals surface area contributed by atoms with E-state index in [0.29, 0.717) is 26.2 Å². The Bertz CT molecular complexity index is 1510. The van der Waals surface area contributed by atoms with Gasteiger partial charge in [-0.1, -0.05) is 41.9 Å². The van der Waals surface area contributed by atoms with E-state index in [1.165, 1.54) is 34.2 Å². The van der Waals surface area contributed by atoms with Crippen molar-refractivity contribution >= 4 is 66.8 Å². The first kappa shape index (κ1) is 18.1. The Labute approximate surface area is 186 Å². The molecule has 0 saturated carbocycles. The number of hydrogen-bond acceptors (Lipinski definition) is 7. The first-order chi connectivity index (χ1) is 14.7. The average Bonchev–Trinajstić information content (AvgIpc) is 3.51. The highest BCUT2D eigenvalue weighted by Crippen LogP contribution is 2.43. The van der Waals surface area contributed by atoms with Gasteiger partial charge in [-0.2, -0.15) is 9.98 Å². The highest BCUT2D eigenvalue weighted by atomic mass is 35.5. The van der Waals surface area contributed by atoms with Gasteiger partial charge in [-0.15, -0.1) is 22.7 Å². The molecule has 0 unspecified atom stereocenters. The van der Waals surface area contributed by atoms with Crippen LogP contribution in [0.15, 0.2) is 52.8 Å². The van der Waals surface area contributed by atoms with E-state index in [1.54, 1.807) is 6.07 Å². The number of ether oxygens (including phenoxy) is 2. The molecular weight excluding hydrogens is 462 g/mol. The fourth-order valence-electron chi connectivity index (χ4n) is 3.22. The first-order valence-electron chi connectivity index (χ1n) is 8.81. The fraction of sp³-hybridized carbons (Fsp3) is 0.0500. The predicted molar refractivity (Wildman–Crippen MR) is 119 cm³/mol. The van der Waals surface area contributed by atoms with Crippen molar-refractivity contribution in [3.05, 3.63) is 62.5 Å². The summed E-state index contributed by atoms with van der Waals surface area (Å²) < 4.78 is 13.6. The zero-order valence-corrected chi connectivity index (χ0v) is 18.2. The molecule has 6 rings (SSSR count). The van der Waals surface area contributed by atoms with Gasteiger partial charge in [-0.05, 0) is 17.6 Å². The molecule has 0 radical (unpaired) electrons. The zero-order chi connectivity index (χ0) is 20.2. The van der Waals surface area contributed by atoms with Gasteiger partial charge in [-0.3, -0.25) is 4.79 Å². The molecule has 1 aliphatic heterocycles. The summed E-state index contributed by atoms with van der Waals surface area (Å²) in [5, 5.41) is 3.18. The maximum atomic E-state index is 12.9. The lowest BCUT2D eigenvalue weighted by Crippen LogP contribution is -2.03. The summed E-state index contributed by atoms with van der Waals surface area (Å²) >= 11 is 10.6. The molecule has 0 fully saturated rings. The van der Waals surface area contributed by atoms with Gasteiger partial charge in [0.15, 0.2) is 11.5 Å². The number of hydrogen-bond donors (Lipinski definition) is 0. The van der Waals surface area contributed by atoms with E-state index in [-0.39, 0.29) is 6.79 Å². The second kappa shape index (κ2) is 6.92. The number of aromatic nitrogens is 2. The van der Waals surface area contributed by atoms with Crippen LogP contribution < -0.4 is 14.3 Å². The third-order valence-electron chi connectivity index (χ3n) is 4.62. The zero-order valence-electron chi connectivity index (χ0n) is 15.0. The van der Waals surface area contributed by atoms with E-state index in [0.717, 1.165) is 26.3 Å². The maximum absolute atomic E-state index is 12.9. The number of halogens is 1. The van der Waals surface area contributed by atoms with Gasteiger partial charge < -0.3 is 9.47 Å². The Balaban J connectivity index is 1.41. The molecule has 0 bridgehead atoms. The Morgan fingerprint density at radius 3 is 2.80 bits per heavy atom. The van der Waals surface area contributed by atoms with E-state index < -0.39 is 5.91 Å². The molecule has 0 atom stereocenters. The van der Waals surface area contributed by atoms with Crippen molar-refractivity contribution in [1.29, 1.82) is 0 Å². The molecular formula is C20H10ClN3O3S3. The number of amides is 1. The predicted octanol–water partition coefficient (Wildman–Crippen LogP) is 5.46. The van der Waals surface area contributed by atoms with E-state index >= 15 is 0 Å². The lowest BCUT2D eigenvalue weighted by atomic mass is 10.2. The number of carbonyl (C=O) groups is 1. The topological polar surface area (TPSA) is 65.2 Å². The third-order valence-corrected chi connectivity index (χ3v) is 8.10. The number of benzene rings is 2. The van der Waals surface area contributed by atoms with Crippen molar-refractivity contribution in [2.24, 2.45) is 4.99 Å². The average molecular weight is 472 g/mol. The summed E-state index contributed by atoms with van der Waals surface area (Å²) in [4.78, 5) is 23.2. The van der Waals surface area contributed by atoms with Crippen LogP contribution in [0, 0.1) is 0 Å². The normalized spacial score (nSPS) is 13.6. The summed E-state index contributed by atoms with van der Waals surface area (Å²) in [6.07, 6.45) is 0. The summed E-state index contributed by atoms with van der Waals surface area (Å²) in [6, 6.07) is 13.7. The smallest absolute Gasteiger partial charge is 0.291 e. The van der Waals surface area contributed by atoms with Crippen molar-refractivity contribution in [2.75, 3.05) is 6.79 Å². The van der Waals surface area contributed by atoms with Gasteiger partial charge in [0, 0.05) is 27.1 Å². The number of nitrogens with zero attached hydrogens (tertiary/aromatic N) is 3. The molecule has 3 aromatic heterocycles. The Kier molecular flexibility index (Phi) is 4.17. The second-order valence-electron chi connectivity index (χ2n) is 6.41. The van der Waals surface area contributed by atoms with Crippen molar-refractivity contribution in [2.45, 2.75) is 0 Å². The van der Waals surface area contributed by atoms with Gasteiger partial charge >= 0.3 is 0 Å². The molecule has 0 aliphatic carbocycles. The van der Waals surface area contributed by atoms with Crippen LogP contribution >= 0.6 is 45.8 Å². The molecule has 2 aromatic carbocycles. The van der Waals surface area contributed by atoms with E-state index in [4.69, 9.17) is 21.1 Å². The van der Waals surface area contributed by atoms with Gasteiger partial charge in [0.05, 0.1) is 10.7 Å². The van der Waals surface area contributed by atoms with Crippen LogP contribution in [0.4, 0.5) is 0 Å². The molecule has 0 spiro atoms. The molecule has 148 valence electrons. The van der Waals surface area contributed by atoms with E-state index in [2.05, 4.69) is 9.98 Å². The van der Waals surface area contributed by atoms with Crippen molar-refractivity contribution in [3.63, 3.8) is 0 Å². The SMILES string of the molecule is O=C(N=c1nc2scc(-c3ccccc3)n2s1)c1sc2cc3c(cc2c1Cl)OCO3. The number of fused-ring (bicyclic) bond motifs is 3. The number of thiophene rings is 1. The molecule has 6 nitrogen and oxygen atoms in total. The Hall–Kier alpha value is -2.72. The van der Waals surface area contributed by atoms with Crippen LogP contribution in [0.5, 0.6) is 11.5 Å². The molecule has 0 N–H and O–H groups in total. The van der Waals surface area contributed by atoms with E-state index in [1.807, 2.05) is 45.6 Å². The summed E-state index contributed by atoms with van der Waals surface area (Å²) in [7, 11) is 0. The van der Waals surface area contributed by atoms with Crippen molar-refractivity contribution in [1.82, 2.24) is 8.77 Å². The molecule has 10 heteroatoms. The molecule has 0 saturated heterocycles. The van der Waals surface area contributed by atoms with Crippen LogP contribution in [-0.2, 0) is 0 Å². The van der Waals surface area contributed by atoms with Crippen molar-refractivity contribution in [3.8, 4) is 22.8 Å². The van der Waals surface area contributed by atoms with Gasteiger partial charge in [-0.25, -0.2) is 3.79 Å². The largest absolute Gasteiger partial charge is 0.454 e. The minimum atomic E-state index is -0.411. The standard InChI is InChI=1S/C20H10ClN3O3S3/c21-16-11-6-13-14(27-9-26-13)7-15(11)29-17(16)18(25)22-19-23-20-24(30-19)12(8-28-20)10-4-2-1-3-5-10/h1-8H,9H2. The third kappa shape index (κ3) is 2.85. The lowest BCUT2D eigenvalue weighted by Gasteiger charge is -1.96. The Morgan fingerprint density at radius 1 is 1.17 bits per heavy atom. The summed E-state index contributed by atoms with van der Waals surface area (Å²) in [6.45, 7) is 0.190. The molecule has 1 aliphatic rings. The van der Waals surface area contributed by atoms with E-state index in [9.17, 15) is 4.79 Å². The molecule has 30 heavy (non-hydrogen) atoms. The van der Waals surface area contributed by atoms with Crippen LogP contribution in [0.3, 0.4) is 0 Å². The highest BCUT2D eigenvalue weighted by Gasteiger charge is 2.22. The van der Waals surface area contributed by atoms with Gasteiger partial charge in [0.1, 0.15) is 4.88 Å². The first-order valence-corrected chi connectivity index (χ1v) is 11.7. The fourth-order valence-corrected chi connectivity index (χ4v) is 6.57. The van der Waals surface area contributed by atoms with Crippen molar-refractivity contribution < 1.29 is 14.3 Å². The quantitative estimate of drug-likeness (QED) is 0.343. The number of thiazole rings is 1. The van der Waals surface area contributed by atoms with Crippen LogP contribution in [0.25, 0.3) is 26.3 Å². The number of carbonyl (C=O) groups excluding carboxylic acids is 1. The lowest BCUT2D eigenvalue weighted by molar-refractivity contribution is 0.100. The summed E-state index contributed by atoms with van der Waals surface area (Å²) in [5.74, 6) is 0.871. The van der Waals surface area contributed by atoms with Gasteiger partial charge in [0.2, 0.25) is 16.6 Å².